The predicted octanol–water partition coefficient (Wildman–Crippen LogP) is 3.87. The number of aromatic nitrogens is 3. The van der Waals surface area contributed by atoms with Gasteiger partial charge in [-0.05, 0) is 38.8 Å². The molecule has 106 valence electrons. The number of nitrogens with one attached hydrogen (secondary N) is 1. The largest absolute Gasteiger partial charge is 0.348 e. The maximum Gasteiger partial charge on any atom is 0.203 e. The van der Waals surface area contributed by atoms with Gasteiger partial charge in [0, 0.05) is 18.4 Å². The first-order valence-electron chi connectivity index (χ1n) is 7.47. The van der Waals surface area contributed by atoms with Gasteiger partial charge in [-0.3, -0.25) is 4.98 Å². The summed E-state index contributed by atoms with van der Waals surface area (Å²) in [6, 6.07) is 6.79. The van der Waals surface area contributed by atoms with Crippen LogP contribution in [-0.2, 0) is 0 Å². The molecular formula is C16H22N4. The summed E-state index contributed by atoms with van der Waals surface area (Å²) in [4.78, 5) is 9.05. The van der Waals surface area contributed by atoms with Gasteiger partial charge >= 0.3 is 0 Å². The van der Waals surface area contributed by atoms with Crippen molar-refractivity contribution in [2.45, 2.75) is 51.6 Å². The maximum atomic E-state index is 4.64. The number of anilines is 1. The van der Waals surface area contributed by atoms with Crippen molar-refractivity contribution >= 4 is 5.95 Å². The molecule has 4 nitrogen and oxygen atoms in total. The molecule has 2 aromatic heterocycles. The standard InChI is InChI=1S/C16H22N4/c1-12-11-20(14-7-3-4-8-14)16(18-12)19-13(2)15-9-5-6-10-17-15/h5-6,9-11,13-14H,3-4,7-8H2,1-2H3,(H,18,19). The average molecular weight is 270 g/mol. The first-order valence-corrected chi connectivity index (χ1v) is 7.47. The Balaban J connectivity index is 1.80. The highest BCUT2D eigenvalue weighted by Crippen LogP contribution is 2.32. The second-order valence-electron chi connectivity index (χ2n) is 5.67. The molecule has 2 heterocycles. The van der Waals surface area contributed by atoms with E-state index in [4.69, 9.17) is 0 Å². The van der Waals surface area contributed by atoms with E-state index in [0.717, 1.165) is 17.3 Å². The highest BCUT2D eigenvalue weighted by Gasteiger charge is 2.21. The Kier molecular flexibility index (Phi) is 3.72. The third kappa shape index (κ3) is 2.69. The molecule has 0 radical (unpaired) electrons. The van der Waals surface area contributed by atoms with Crippen LogP contribution in [0, 0.1) is 6.92 Å². The van der Waals surface area contributed by atoms with Gasteiger partial charge in [-0.2, -0.15) is 0 Å². The third-order valence-electron chi connectivity index (χ3n) is 4.05. The number of pyridine rings is 1. The number of imidazole rings is 1. The lowest BCUT2D eigenvalue weighted by Gasteiger charge is -2.19. The second-order valence-corrected chi connectivity index (χ2v) is 5.67. The van der Waals surface area contributed by atoms with E-state index in [2.05, 4.69) is 39.9 Å². The van der Waals surface area contributed by atoms with Crippen molar-refractivity contribution in [3.05, 3.63) is 42.0 Å². The lowest BCUT2D eigenvalue weighted by Crippen LogP contribution is -2.14. The van der Waals surface area contributed by atoms with Gasteiger partial charge in [0.15, 0.2) is 0 Å². The Bertz CT molecular complexity index is 555. The summed E-state index contributed by atoms with van der Waals surface area (Å²) in [5, 5.41) is 3.51. The van der Waals surface area contributed by atoms with Crippen molar-refractivity contribution in [3.8, 4) is 0 Å². The van der Waals surface area contributed by atoms with Crippen LogP contribution < -0.4 is 5.32 Å². The van der Waals surface area contributed by atoms with Crippen LogP contribution in [0.15, 0.2) is 30.6 Å². The molecule has 1 saturated carbocycles. The van der Waals surface area contributed by atoms with Gasteiger partial charge in [-0.1, -0.05) is 18.9 Å². The minimum absolute atomic E-state index is 0.165. The minimum Gasteiger partial charge on any atom is -0.348 e. The van der Waals surface area contributed by atoms with Crippen molar-refractivity contribution in [1.82, 2.24) is 14.5 Å². The third-order valence-corrected chi connectivity index (χ3v) is 4.05. The first kappa shape index (κ1) is 13.2. The lowest BCUT2D eigenvalue weighted by atomic mass is 10.2. The normalized spacial score (nSPS) is 17.3. The number of rotatable bonds is 4. The Hall–Kier alpha value is -1.84. The minimum atomic E-state index is 0.165. The van der Waals surface area contributed by atoms with Gasteiger partial charge in [-0.15, -0.1) is 0 Å². The smallest absolute Gasteiger partial charge is 0.203 e. The van der Waals surface area contributed by atoms with E-state index in [1.54, 1.807) is 0 Å². The molecule has 0 bridgehead atoms. The highest BCUT2D eigenvalue weighted by molar-refractivity contribution is 5.33. The number of nitrogens with zero attached hydrogens (tertiary/aromatic N) is 3. The quantitative estimate of drug-likeness (QED) is 0.917. The molecule has 1 aliphatic rings. The average Bonchev–Trinajstić information content (AvgIpc) is 3.09. The van der Waals surface area contributed by atoms with E-state index in [1.165, 1.54) is 25.7 Å². The van der Waals surface area contributed by atoms with Gasteiger partial charge in [0.05, 0.1) is 17.4 Å². The van der Waals surface area contributed by atoms with Crippen molar-refractivity contribution < 1.29 is 0 Å². The van der Waals surface area contributed by atoms with E-state index in [-0.39, 0.29) is 6.04 Å². The van der Waals surface area contributed by atoms with Crippen molar-refractivity contribution in [2.24, 2.45) is 0 Å². The Morgan fingerprint density at radius 2 is 2.10 bits per heavy atom. The maximum absolute atomic E-state index is 4.64. The molecule has 0 saturated heterocycles. The summed E-state index contributed by atoms with van der Waals surface area (Å²) in [5.41, 5.74) is 2.12. The highest BCUT2D eigenvalue weighted by atomic mass is 15.2. The van der Waals surface area contributed by atoms with Gasteiger partial charge < -0.3 is 9.88 Å². The van der Waals surface area contributed by atoms with Crippen LogP contribution in [0.3, 0.4) is 0 Å². The molecule has 1 atom stereocenters. The van der Waals surface area contributed by atoms with E-state index < -0.39 is 0 Å². The molecule has 1 N–H and O–H groups in total. The predicted molar refractivity (Wildman–Crippen MR) is 80.7 cm³/mol. The SMILES string of the molecule is Cc1cn(C2CCCC2)c(NC(C)c2ccccn2)n1. The van der Waals surface area contributed by atoms with Crippen LogP contribution >= 0.6 is 0 Å². The van der Waals surface area contributed by atoms with Gasteiger partial charge in [0.1, 0.15) is 0 Å². The Morgan fingerprint density at radius 1 is 1.30 bits per heavy atom. The number of hydrogen-bond acceptors (Lipinski definition) is 3. The van der Waals surface area contributed by atoms with Crippen LogP contribution in [0.2, 0.25) is 0 Å². The number of hydrogen-bond donors (Lipinski definition) is 1. The van der Waals surface area contributed by atoms with Crippen LogP contribution in [0.4, 0.5) is 5.95 Å². The lowest BCUT2D eigenvalue weighted by molar-refractivity contribution is 0.520. The fourth-order valence-electron chi connectivity index (χ4n) is 2.98. The van der Waals surface area contributed by atoms with E-state index in [1.807, 2.05) is 24.4 Å². The topological polar surface area (TPSA) is 42.7 Å². The molecule has 4 heteroatoms. The molecular weight excluding hydrogens is 248 g/mol. The van der Waals surface area contributed by atoms with Crippen LogP contribution in [-0.4, -0.2) is 14.5 Å². The van der Waals surface area contributed by atoms with Crippen LogP contribution in [0.5, 0.6) is 0 Å². The molecule has 1 unspecified atom stereocenters. The van der Waals surface area contributed by atoms with Crippen molar-refractivity contribution in [1.29, 1.82) is 0 Å². The summed E-state index contributed by atoms with van der Waals surface area (Å²) < 4.78 is 2.32. The monoisotopic (exact) mass is 270 g/mol. The molecule has 1 aliphatic carbocycles. The molecule has 1 fully saturated rings. The second kappa shape index (κ2) is 5.65. The van der Waals surface area contributed by atoms with Gasteiger partial charge in [-0.25, -0.2) is 4.98 Å². The molecule has 3 rings (SSSR count). The fraction of sp³-hybridized carbons (Fsp3) is 0.500. The first-order chi connectivity index (χ1) is 9.74. The number of aryl methyl sites for hydroxylation is 1. The van der Waals surface area contributed by atoms with E-state index in [9.17, 15) is 0 Å². The zero-order valence-electron chi connectivity index (χ0n) is 12.2. The van der Waals surface area contributed by atoms with Crippen LogP contribution in [0.25, 0.3) is 0 Å². The molecule has 20 heavy (non-hydrogen) atoms. The van der Waals surface area contributed by atoms with E-state index >= 15 is 0 Å². The summed E-state index contributed by atoms with van der Waals surface area (Å²) in [6.07, 6.45) is 9.20. The summed E-state index contributed by atoms with van der Waals surface area (Å²) >= 11 is 0. The Labute approximate surface area is 120 Å². The molecule has 0 amide bonds. The zero-order chi connectivity index (χ0) is 13.9. The summed E-state index contributed by atoms with van der Waals surface area (Å²) in [7, 11) is 0. The van der Waals surface area contributed by atoms with Gasteiger partial charge in [0.25, 0.3) is 0 Å². The zero-order valence-corrected chi connectivity index (χ0v) is 12.2. The van der Waals surface area contributed by atoms with Gasteiger partial charge in [0.2, 0.25) is 5.95 Å². The van der Waals surface area contributed by atoms with Crippen LogP contribution in [0.1, 0.15) is 56.1 Å². The molecule has 0 spiro atoms. The molecule has 0 aliphatic heterocycles. The molecule has 0 aromatic carbocycles. The fourth-order valence-corrected chi connectivity index (χ4v) is 2.98. The van der Waals surface area contributed by atoms with E-state index in [0.29, 0.717) is 6.04 Å². The summed E-state index contributed by atoms with van der Waals surface area (Å²) in [6.45, 7) is 4.19. The summed E-state index contributed by atoms with van der Waals surface area (Å²) in [5.74, 6) is 0.979. The molecule has 2 aromatic rings. The van der Waals surface area contributed by atoms with Crippen molar-refractivity contribution in [2.75, 3.05) is 5.32 Å². The van der Waals surface area contributed by atoms with Crippen molar-refractivity contribution in [3.63, 3.8) is 0 Å². The Morgan fingerprint density at radius 3 is 2.80 bits per heavy atom.